The number of aromatic nitrogens is 4. The molecule has 0 radical (unpaired) electrons. The maximum atomic E-state index is 13.1. The Hall–Kier alpha value is -3.22. The average Bonchev–Trinajstić information content (AvgIpc) is 3.20. The fraction of sp³-hybridized carbons (Fsp3) is 0.440. The highest BCUT2D eigenvalue weighted by Crippen LogP contribution is 2.33. The molecule has 7 nitrogen and oxygen atoms in total. The summed E-state index contributed by atoms with van der Waals surface area (Å²) in [6, 6.07) is 10.6. The second-order valence-electron chi connectivity index (χ2n) is 8.43. The predicted octanol–water partition coefficient (Wildman–Crippen LogP) is 4.69. The molecule has 1 unspecified atom stereocenters. The zero-order chi connectivity index (χ0) is 22.7. The zero-order valence-electron chi connectivity index (χ0n) is 19.4. The normalized spacial score (nSPS) is 16.8. The number of rotatable bonds is 5. The van der Waals surface area contributed by atoms with E-state index < -0.39 is 0 Å². The van der Waals surface area contributed by atoms with Gasteiger partial charge >= 0.3 is 0 Å². The SMILES string of the molecule is CCNc1cc2c(cn1)C(=O)CCC(c1cccc(-c3nnc(C)n3CC)c1)CCN2C. The summed E-state index contributed by atoms with van der Waals surface area (Å²) in [5, 5.41) is 11.9. The maximum absolute atomic E-state index is 13.1. The average molecular weight is 433 g/mol. The third-order valence-electron chi connectivity index (χ3n) is 6.35. The topological polar surface area (TPSA) is 75.9 Å². The lowest BCUT2D eigenvalue weighted by Gasteiger charge is -2.23. The summed E-state index contributed by atoms with van der Waals surface area (Å²) in [5.41, 5.74) is 4.01. The Morgan fingerprint density at radius 2 is 2.00 bits per heavy atom. The molecular formula is C25H32N6O. The number of nitrogens with one attached hydrogen (secondary N) is 1. The Labute approximate surface area is 189 Å². The summed E-state index contributed by atoms with van der Waals surface area (Å²) in [6.45, 7) is 8.64. The van der Waals surface area contributed by atoms with Crippen molar-refractivity contribution >= 4 is 17.3 Å². The quantitative estimate of drug-likeness (QED) is 0.630. The lowest BCUT2D eigenvalue weighted by Crippen LogP contribution is -2.22. The summed E-state index contributed by atoms with van der Waals surface area (Å²) in [7, 11) is 2.06. The molecule has 1 atom stereocenters. The Balaban J connectivity index is 1.61. The molecule has 4 rings (SSSR count). The molecule has 1 aromatic carbocycles. The van der Waals surface area contributed by atoms with Crippen molar-refractivity contribution in [2.24, 2.45) is 0 Å². The van der Waals surface area contributed by atoms with E-state index in [1.165, 1.54) is 5.56 Å². The van der Waals surface area contributed by atoms with Gasteiger partial charge in [0.15, 0.2) is 11.6 Å². The summed E-state index contributed by atoms with van der Waals surface area (Å²) in [5.74, 6) is 3.09. The van der Waals surface area contributed by atoms with Gasteiger partial charge in [-0.05, 0) is 51.2 Å². The Morgan fingerprint density at radius 1 is 1.16 bits per heavy atom. The minimum absolute atomic E-state index is 0.159. The second kappa shape index (κ2) is 9.51. The third kappa shape index (κ3) is 4.38. The first kappa shape index (κ1) is 22.0. The number of Topliss-reactive ketones (excluding diaryl/α,β-unsaturated/α-hetero) is 1. The molecule has 0 fully saturated rings. The molecule has 0 spiro atoms. The number of pyridine rings is 1. The Morgan fingerprint density at radius 3 is 2.78 bits per heavy atom. The molecule has 0 amide bonds. The van der Waals surface area contributed by atoms with Crippen molar-refractivity contribution in [3.05, 3.63) is 53.5 Å². The Bertz CT molecular complexity index is 1110. The van der Waals surface area contributed by atoms with Gasteiger partial charge in [0.05, 0.1) is 11.3 Å². The molecule has 3 heterocycles. The number of ketones is 1. The van der Waals surface area contributed by atoms with Crippen LogP contribution in [0.5, 0.6) is 0 Å². The van der Waals surface area contributed by atoms with Crippen LogP contribution < -0.4 is 10.2 Å². The molecule has 0 bridgehead atoms. The monoisotopic (exact) mass is 432 g/mol. The van der Waals surface area contributed by atoms with E-state index in [1.807, 2.05) is 19.9 Å². The van der Waals surface area contributed by atoms with Crippen molar-refractivity contribution in [1.29, 1.82) is 0 Å². The Kier molecular flexibility index (Phi) is 6.53. The number of carbonyl (C=O) groups is 1. The number of nitrogens with zero attached hydrogens (tertiary/aromatic N) is 5. The first-order chi connectivity index (χ1) is 15.5. The molecule has 7 heteroatoms. The van der Waals surface area contributed by atoms with Gasteiger partial charge in [-0.2, -0.15) is 0 Å². The molecule has 1 aliphatic heterocycles. The van der Waals surface area contributed by atoms with Crippen LogP contribution in [-0.2, 0) is 6.54 Å². The van der Waals surface area contributed by atoms with Crippen molar-refractivity contribution in [3.8, 4) is 11.4 Å². The van der Waals surface area contributed by atoms with Crippen LogP contribution in [0.3, 0.4) is 0 Å². The first-order valence-electron chi connectivity index (χ1n) is 11.5. The number of fused-ring (bicyclic) bond motifs is 1. The molecule has 0 saturated carbocycles. The number of aryl methyl sites for hydroxylation is 1. The highest BCUT2D eigenvalue weighted by molar-refractivity contribution is 6.01. The molecule has 0 saturated heterocycles. The number of hydrogen-bond acceptors (Lipinski definition) is 6. The van der Waals surface area contributed by atoms with Crippen molar-refractivity contribution in [1.82, 2.24) is 19.7 Å². The van der Waals surface area contributed by atoms with Gasteiger partial charge in [-0.3, -0.25) is 4.79 Å². The van der Waals surface area contributed by atoms with Crippen molar-refractivity contribution < 1.29 is 4.79 Å². The molecule has 1 N–H and O–H groups in total. The van der Waals surface area contributed by atoms with Gasteiger partial charge in [-0.15, -0.1) is 10.2 Å². The van der Waals surface area contributed by atoms with Gasteiger partial charge < -0.3 is 14.8 Å². The van der Waals surface area contributed by atoms with Crippen LogP contribution in [0.15, 0.2) is 36.5 Å². The number of benzene rings is 1. The maximum Gasteiger partial charge on any atom is 0.166 e. The summed E-state index contributed by atoms with van der Waals surface area (Å²) >= 11 is 0. The summed E-state index contributed by atoms with van der Waals surface area (Å²) in [4.78, 5) is 19.7. The molecule has 168 valence electrons. The van der Waals surface area contributed by atoms with Crippen molar-refractivity contribution in [2.75, 3.05) is 30.4 Å². The minimum Gasteiger partial charge on any atom is -0.374 e. The molecule has 1 aliphatic rings. The van der Waals surface area contributed by atoms with Crippen LogP contribution in [0.25, 0.3) is 11.4 Å². The highest BCUT2D eigenvalue weighted by atomic mass is 16.1. The minimum atomic E-state index is 0.159. The van der Waals surface area contributed by atoms with E-state index in [2.05, 4.69) is 68.2 Å². The van der Waals surface area contributed by atoms with E-state index in [0.717, 1.165) is 66.8 Å². The molecule has 32 heavy (non-hydrogen) atoms. The highest BCUT2D eigenvalue weighted by Gasteiger charge is 2.23. The van der Waals surface area contributed by atoms with E-state index in [-0.39, 0.29) is 5.78 Å². The van der Waals surface area contributed by atoms with E-state index in [4.69, 9.17) is 0 Å². The van der Waals surface area contributed by atoms with Gasteiger partial charge in [0.25, 0.3) is 0 Å². The van der Waals surface area contributed by atoms with Crippen molar-refractivity contribution in [2.45, 2.75) is 52.5 Å². The molecular weight excluding hydrogens is 400 g/mol. The third-order valence-corrected chi connectivity index (χ3v) is 6.35. The van der Waals surface area contributed by atoms with Crippen molar-refractivity contribution in [3.63, 3.8) is 0 Å². The molecule has 2 aromatic heterocycles. The number of anilines is 2. The number of carbonyl (C=O) groups excluding carboxylic acids is 1. The largest absolute Gasteiger partial charge is 0.374 e. The fourth-order valence-corrected chi connectivity index (χ4v) is 4.55. The van der Waals surface area contributed by atoms with E-state index in [9.17, 15) is 4.79 Å². The first-order valence-corrected chi connectivity index (χ1v) is 11.5. The lowest BCUT2D eigenvalue weighted by atomic mass is 9.89. The van der Waals surface area contributed by atoms with Crippen LogP contribution in [0, 0.1) is 6.92 Å². The van der Waals surface area contributed by atoms with E-state index in [1.54, 1.807) is 6.20 Å². The van der Waals surface area contributed by atoms with Crippen LogP contribution in [0.4, 0.5) is 11.5 Å². The standard InChI is InChI=1S/C25H32N6O/c1-5-26-24-15-22-21(16-27-24)23(32)11-10-18(12-13-30(22)4)19-8-7-9-20(14-19)25-29-28-17(3)31(25)6-2/h7-9,14-16,18H,5-6,10-13H2,1-4H3,(H,26,27). The molecule has 0 aliphatic carbocycles. The lowest BCUT2D eigenvalue weighted by molar-refractivity contribution is 0.0978. The van der Waals surface area contributed by atoms with Gasteiger partial charge in [0.2, 0.25) is 0 Å². The summed E-state index contributed by atoms with van der Waals surface area (Å²) in [6.07, 6.45) is 4.05. The van der Waals surface area contributed by atoms with Gasteiger partial charge in [0, 0.05) is 50.9 Å². The van der Waals surface area contributed by atoms with E-state index in [0.29, 0.717) is 12.3 Å². The van der Waals surface area contributed by atoms with Crippen LogP contribution >= 0.6 is 0 Å². The fourth-order valence-electron chi connectivity index (χ4n) is 4.55. The summed E-state index contributed by atoms with van der Waals surface area (Å²) < 4.78 is 2.13. The molecule has 3 aromatic rings. The number of hydrogen-bond donors (Lipinski definition) is 1. The van der Waals surface area contributed by atoms with Crippen LogP contribution in [-0.4, -0.2) is 45.7 Å². The van der Waals surface area contributed by atoms with Gasteiger partial charge in [-0.25, -0.2) is 4.98 Å². The second-order valence-corrected chi connectivity index (χ2v) is 8.43. The van der Waals surface area contributed by atoms with Gasteiger partial charge in [0.1, 0.15) is 11.6 Å². The van der Waals surface area contributed by atoms with Crippen LogP contribution in [0.2, 0.25) is 0 Å². The zero-order valence-corrected chi connectivity index (χ0v) is 19.4. The van der Waals surface area contributed by atoms with Gasteiger partial charge in [-0.1, -0.05) is 18.2 Å². The predicted molar refractivity (Wildman–Crippen MR) is 128 cm³/mol. The van der Waals surface area contributed by atoms with E-state index >= 15 is 0 Å². The van der Waals surface area contributed by atoms with Crippen LogP contribution in [0.1, 0.15) is 60.8 Å². The smallest absolute Gasteiger partial charge is 0.166 e.